The van der Waals surface area contributed by atoms with E-state index in [1.807, 2.05) is 0 Å². The number of hydrogen-bond donors (Lipinski definition) is 2. The highest BCUT2D eigenvalue weighted by Crippen LogP contribution is 2.22. The molecule has 7 heteroatoms. The molecule has 0 saturated heterocycles. The van der Waals surface area contributed by atoms with Crippen molar-refractivity contribution >= 4 is 21.8 Å². The van der Waals surface area contributed by atoms with E-state index in [0.29, 0.717) is 5.69 Å². The molecule has 1 aromatic rings. The van der Waals surface area contributed by atoms with Gasteiger partial charge in [0.05, 0.1) is 4.90 Å². The third-order valence-electron chi connectivity index (χ3n) is 3.93. The lowest BCUT2D eigenvalue weighted by molar-refractivity contribution is 0.202. The van der Waals surface area contributed by atoms with Gasteiger partial charge in [-0.25, -0.2) is 17.9 Å². The molecular weight excluding hydrogens is 316 g/mol. The van der Waals surface area contributed by atoms with E-state index in [2.05, 4.69) is 11.3 Å². The minimum Gasteiger partial charge on any atom is -0.465 e. The number of carbonyl (C=O) groups is 1. The Morgan fingerprint density at radius 2 is 1.87 bits per heavy atom. The lowest BCUT2D eigenvalue weighted by Crippen LogP contribution is -2.36. The molecule has 1 aromatic carbocycles. The van der Waals surface area contributed by atoms with Crippen molar-refractivity contribution in [1.29, 1.82) is 0 Å². The molecule has 23 heavy (non-hydrogen) atoms. The highest BCUT2D eigenvalue weighted by atomic mass is 32.2. The van der Waals surface area contributed by atoms with Crippen LogP contribution in [0.2, 0.25) is 0 Å². The van der Waals surface area contributed by atoms with Gasteiger partial charge in [0.15, 0.2) is 0 Å². The van der Waals surface area contributed by atoms with Gasteiger partial charge in [0.2, 0.25) is 10.0 Å². The molecule has 2 rings (SSSR count). The summed E-state index contributed by atoms with van der Waals surface area (Å²) in [4.78, 5) is 12.4. The van der Waals surface area contributed by atoms with Gasteiger partial charge in [0.25, 0.3) is 0 Å². The van der Waals surface area contributed by atoms with Crippen molar-refractivity contribution in [2.45, 2.75) is 43.0 Å². The zero-order chi connectivity index (χ0) is 16.9. The third-order valence-corrected chi connectivity index (χ3v) is 5.46. The molecule has 0 aliphatic heterocycles. The quantitative estimate of drug-likeness (QED) is 0.781. The van der Waals surface area contributed by atoms with Crippen molar-refractivity contribution < 1.29 is 18.3 Å². The highest BCUT2D eigenvalue weighted by molar-refractivity contribution is 7.89. The molecule has 126 valence electrons. The van der Waals surface area contributed by atoms with Crippen LogP contribution in [0.5, 0.6) is 0 Å². The van der Waals surface area contributed by atoms with E-state index >= 15 is 0 Å². The van der Waals surface area contributed by atoms with E-state index in [0.717, 1.165) is 37.0 Å². The van der Waals surface area contributed by atoms with E-state index in [1.165, 1.54) is 30.3 Å². The van der Waals surface area contributed by atoms with Crippen LogP contribution in [0, 0.1) is 0 Å². The summed E-state index contributed by atoms with van der Waals surface area (Å²) in [6, 6.07) is 5.84. The summed E-state index contributed by atoms with van der Waals surface area (Å²) >= 11 is 0. The van der Waals surface area contributed by atoms with Crippen LogP contribution in [-0.4, -0.2) is 32.2 Å². The fourth-order valence-corrected chi connectivity index (χ4v) is 4.04. The monoisotopic (exact) mass is 338 g/mol. The number of sulfonamides is 1. The highest BCUT2D eigenvalue weighted by Gasteiger charge is 2.22. The molecule has 0 spiro atoms. The Kier molecular flexibility index (Phi) is 5.79. The maximum atomic E-state index is 12.4. The summed E-state index contributed by atoms with van der Waals surface area (Å²) in [5.41, 5.74) is 0.411. The molecule has 1 amide bonds. The molecule has 1 fully saturated rings. The average molecular weight is 338 g/mol. The van der Waals surface area contributed by atoms with Crippen LogP contribution < -0.4 is 9.62 Å². The molecule has 0 aromatic heterocycles. The maximum absolute atomic E-state index is 12.4. The minimum atomic E-state index is -3.57. The smallest absolute Gasteiger partial charge is 0.412 e. The summed E-state index contributed by atoms with van der Waals surface area (Å²) in [5, 5.41) is 9.15. The topological polar surface area (TPSA) is 86.7 Å². The summed E-state index contributed by atoms with van der Waals surface area (Å²) < 4.78 is 27.5. The lowest BCUT2D eigenvalue weighted by Gasteiger charge is -2.23. The van der Waals surface area contributed by atoms with Crippen molar-refractivity contribution in [3.8, 4) is 0 Å². The molecule has 2 N–H and O–H groups in total. The maximum Gasteiger partial charge on any atom is 0.412 e. The van der Waals surface area contributed by atoms with E-state index in [1.54, 1.807) is 0 Å². The molecular formula is C16H22N2O4S. The standard InChI is InChI=1S/C16H22N2O4S/c1-2-12-18(16(19)20)14-8-10-15(11-9-14)23(21,22)17-13-6-4-3-5-7-13/h2,8-11,13,17H,1,3-7,12H2,(H,19,20). The van der Waals surface area contributed by atoms with Gasteiger partial charge in [0, 0.05) is 18.3 Å². The second-order valence-electron chi connectivity index (χ2n) is 5.63. The Morgan fingerprint density at radius 1 is 1.26 bits per heavy atom. The van der Waals surface area contributed by atoms with Gasteiger partial charge in [-0.3, -0.25) is 4.90 Å². The van der Waals surface area contributed by atoms with Gasteiger partial charge < -0.3 is 5.11 Å². The molecule has 0 unspecified atom stereocenters. The number of hydrogen-bond acceptors (Lipinski definition) is 3. The summed E-state index contributed by atoms with van der Waals surface area (Å²) in [6.07, 6.45) is 5.33. The normalized spacial score (nSPS) is 16.0. The SMILES string of the molecule is C=CCN(C(=O)O)c1ccc(S(=O)(=O)NC2CCCCC2)cc1. The number of carboxylic acid groups (broad SMARTS) is 1. The summed E-state index contributed by atoms with van der Waals surface area (Å²) in [7, 11) is -3.57. The van der Waals surface area contributed by atoms with Crippen molar-refractivity contribution in [2.75, 3.05) is 11.4 Å². The molecule has 0 radical (unpaired) electrons. The van der Waals surface area contributed by atoms with E-state index in [4.69, 9.17) is 5.11 Å². The predicted molar refractivity (Wildman–Crippen MR) is 89.2 cm³/mol. The molecule has 1 saturated carbocycles. The van der Waals surface area contributed by atoms with Crippen LogP contribution in [0.15, 0.2) is 41.8 Å². The van der Waals surface area contributed by atoms with Gasteiger partial charge in [-0.1, -0.05) is 25.3 Å². The van der Waals surface area contributed by atoms with Crippen LogP contribution in [0.4, 0.5) is 10.5 Å². The Labute approximate surface area is 136 Å². The predicted octanol–water partition coefficient (Wildman–Crippen LogP) is 2.97. The Morgan fingerprint density at radius 3 is 2.39 bits per heavy atom. The van der Waals surface area contributed by atoms with Gasteiger partial charge in [-0.15, -0.1) is 6.58 Å². The van der Waals surface area contributed by atoms with Crippen molar-refractivity contribution in [2.24, 2.45) is 0 Å². The first-order chi connectivity index (χ1) is 10.9. The van der Waals surface area contributed by atoms with E-state index in [-0.39, 0.29) is 17.5 Å². The number of benzene rings is 1. The van der Waals surface area contributed by atoms with Crippen molar-refractivity contribution in [3.05, 3.63) is 36.9 Å². The second kappa shape index (κ2) is 7.61. The molecule has 1 aliphatic carbocycles. The minimum absolute atomic E-state index is 0.00953. The summed E-state index contributed by atoms with van der Waals surface area (Å²) in [6.45, 7) is 3.66. The Bertz CT molecular complexity index is 649. The van der Waals surface area contributed by atoms with Crippen LogP contribution in [0.25, 0.3) is 0 Å². The molecule has 6 nitrogen and oxygen atoms in total. The average Bonchev–Trinajstić information content (AvgIpc) is 2.53. The first kappa shape index (κ1) is 17.5. The Balaban J connectivity index is 2.13. The van der Waals surface area contributed by atoms with Crippen LogP contribution in [-0.2, 0) is 10.0 Å². The third kappa shape index (κ3) is 4.56. The number of nitrogens with zero attached hydrogens (tertiary/aromatic N) is 1. The number of amides is 1. The number of nitrogens with one attached hydrogen (secondary N) is 1. The first-order valence-corrected chi connectivity index (χ1v) is 9.16. The zero-order valence-corrected chi connectivity index (χ0v) is 13.8. The molecule has 0 atom stereocenters. The zero-order valence-electron chi connectivity index (χ0n) is 12.9. The van der Waals surface area contributed by atoms with Gasteiger partial charge in [-0.05, 0) is 37.1 Å². The molecule has 1 aliphatic rings. The Hall–Kier alpha value is -1.86. The van der Waals surface area contributed by atoms with E-state index < -0.39 is 16.1 Å². The van der Waals surface area contributed by atoms with Crippen LogP contribution >= 0.6 is 0 Å². The number of anilines is 1. The fourth-order valence-electron chi connectivity index (χ4n) is 2.74. The van der Waals surface area contributed by atoms with Crippen molar-refractivity contribution in [3.63, 3.8) is 0 Å². The number of rotatable bonds is 6. The lowest BCUT2D eigenvalue weighted by atomic mass is 9.96. The van der Waals surface area contributed by atoms with Crippen LogP contribution in [0.1, 0.15) is 32.1 Å². The van der Waals surface area contributed by atoms with Crippen molar-refractivity contribution in [1.82, 2.24) is 4.72 Å². The second-order valence-corrected chi connectivity index (χ2v) is 7.35. The van der Waals surface area contributed by atoms with Gasteiger partial charge in [-0.2, -0.15) is 0 Å². The summed E-state index contributed by atoms with van der Waals surface area (Å²) in [5.74, 6) is 0. The van der Waals surface area contributed by atoms with Gasteiger partial charge >= 0.3 is 6.09 Å². The molecule has 0 heterocycles. The largest absolute Gasteiger partial charge is 0.465 e. The fraction of sp³-hybridized carbons (Fsp3) is 0.438. The van der Waals surface area contributed by atoms with E-state index in [9.17, 15) is 13.2 Å². The van der Waals surface area contributed by atoms with Crippen LogP contribution in [0.3, 0.4) is 0 Å². The van der Waals surface area contributed by atoms with Gasteiger partial charge in [0.1, 0.15) is 0 Å². The molecule has 0 bridgehead atoms. The first-order valence-electron chi connectivity index (χ1n) is 7.68.